The van der Waals surface area contributed by atoms with E-state index in [4.69, 9.17) is 5.11 Å². The van der Waals surface area contributed by atoms with Gasteiger partial charge >= 0.3 is 12.1 Å². The molecule has 1 heterocycles. The van der Waals surface area contributed by atoms with Crippen molar-refractivity contribution in [2.75, 3.05) is 24.4 Å². The van der Waals surface area contributed by atoms with Crippen molar-refractivity contribution >= 4 is 23.4 Å². The zero-order valence-corrected chi connectivity index (χ0v) is 14.0. The van der Waals surface area contributed by atoms with E-state index in [0.717, 1.165) is 6.07 Å². The van der Waals surface area contributed by atoms with Gasteiger partial charge in [-0.3, -0.25) is 0 Å². The molecule has 7 nitrogen and oxygen atoms in total. The normalized spacial score (nSPS) is 12.4. The third-order valence-corrected chi connectivity index (χ3v) is 3.24. The van der Waals surface area contributed by atoms with Crippen LogP contribution in [0.25, 0.3) is 0 Å². The number of halogens is 3. The maximum Gasteiger partial charge on any atom is 0.433 e. The number of aliphatic hydroxyl groups excluding tert-OH is 1. The number of nitrogens with zero attached hydrogens (tertiary/aromatic N) is 2. The monoisotopic (exact) mass is 370 g/mol. The molecule has 0 saturated heterocycles. The number of ether oxygens (including phenoxy) is 1. The molecule has 0 aliphatic carbocycles. The van der Waals surface area contributed by atoms with E-state index in [2.05, 4.69) is 25.3 Å². The zero-order valence-electron chi connectivity index (χ0n) is 14.0. The summed E-state index contributed by atoms with van der Waals surface area (Å²) in [7, 11) is 1.25. The van der Waals surface area contributed by atoms with E-state index in [1.165, 1.54) is 31.4 Å². The van der Waals surface area contributed by atoms with Crippen molar-refractivity contribution in [2.24, 2.45) is 0 Å². The number of rotatable bonds is 6. The SMILES string of the molecule is COC(=O)c1ccc(Nc2cc(C(F)(F)F)nc(N[C@@H](C)CO)n2)cc1. The molecular weight excluding hydrogens is 353 g/mol. The van der Waals surface area contributed by atoms with Crippen LogP contribution < -0.4 is 10.6 Å². The fourth-order valence-corrected chi connectivity index (χ4v) is 1.94. The maximum atomic E-state index is 13.0. The number of hydrogen-bond donors (Lipinski definition) is 3. The van der Waals surface area contributed by atoms with E-state index in [-0.39, 0.29) is 18.4 Å². The first-order valence-corrected chi connectivity index (χ1v) is 7.52. The summed E-state index contributed by atoms with van der Waals surface area (Å²) in [6, 6.07) is 6.19. The summed E-state index contributed by atoms with van der Waals surface area (Å²) in [6.07, 6.45) is -4.66. The number of alkyl halides is 3. The first-order valence-electron chi connectivity index (χ1n) is 7.52. The molecule has 2 rings (SSSR count). The summed E-state index contributed by atoms with van der Waals surface area (Å²) in [4.78, 5) is 18.8. The molecule has 2 aromatic rings. The molecular formula is C16H17F3N4O3. The molecule has 1 atom stereocenters. The summed E-state index contributed by atoms with van der Waals surface area (Å²) in [6.45, 7) is 1.28. The molecule has 140 valence electrons. The van der Waals surface area contributed by atoms with E-state index in [9.17, 15) is 18.0 Å². The Morgan fingerprint density at radius 3 is 2.46 bits per heavy atom. The van der Waals surface area contributed by atoms with Gasteiger partial charge in [0.05, 0.1) is 19.3 Å². The summed E-state index contributed by atoms with van der Waals surface area (Å²) in [5, 5.41) is 14.3. The second-order valence-corrected chi connectivity index (χ2v) is 5.38. The fourth-order valence-electron chi connectivity index (χ4n) is 1.94. The third-order valence-electron chi connectivity index (χ3n) is 3.24. The van der Waals surface area contributed by atoms with Crippen LogP contribution in [0, 0.1) is 0 Å². The van der Waals surface area contributed by atoms with Crippen molar-refractivity contribution in [3.8, 4) is 0 Å². The van der Waals surface area contributed by atoms with Crippen LogP contribution in [0.4, 0.5) is 30.6 Å². The molecule has 0 unspecified atom stereocenters. The molecule has 0 fully saturated rings. The fraction of sp³-hybridized carbons (Fsp3) is 0.312. The van der Waals surface area contributed by atoms with Gasteiger partial charge in [-0.05, 0) is 31.2 Å². The summed E-state index contributed by atoms with van der Waals surface area (Å²) < 4.78 is 43.7. The highest BCUT2D eigenvalue weighted by Gasteiger charge is 2.34. The molecule has 3 N–H and O–H groups in total. The van der Waals surface area contributed by atoms with E-state index < -0.39 is 23.9 Å². The minimum atomic E-state index is -4.66. The van der Waals surface area contributed by atoms with E-state index in [0.29, 0.717) is 11.3 Å². The molecule has 26 heavy (non-hydrogen) atoms. The number of methoxy groups -OCH3 is 1. The Labute approximate surface area is 147 Å². The van der Waals surface area contributed by atoms with E-state index >= 15 is 0 Å². The average molecular weight is 370 g/mol. The van der Waals surface area contributed by atoms with Crippen molar-refractivity contribution < 1.29 is 27.8 Å². The van der Waals surface area contributed by atoms with Crippen LogP contribution in [-0.2, 0) is 10.9 Å². The topological polar surface area (TPSA) is 96.4 Å². The number of esters is 1. The van der Waals surface area contributed by atoms with Crippen molar-refractivity contribution in [2.45, 2.75) is 19.1 Å². The summed E-state index contributed by atoms with van der Waals surface area (Å²) in [5.74, 6) is -0.886. The Kier molecular flexibility index (Phi) is 5.98. The highest BCUT2D eigenvalue weighted by atomic mass is 19.4. The third kappa shape index (κ3) is 5.06. The highest BCUT2D eigenvalue weighted by Crippen LogP contribution is 2.30. The van der Waals surface area contributed by atoms with Crippen molar-refractivity contribution in [3.63, 3.8) is 0 Å². The molecule has 1 aromatic heterocycles. The van der Waals surface area contributed by atoms with Crippen LogP contribution in [0.15, 0.2) is 30.3 Å². The van der Waals surface area contributed by atoms with Gasteiger partial charge in [0.2, 0.25) is 5.95 Å². The second kappa shape index (κ2) is 8.00. The number of carbonyl (C=O) groups excluding carboxylic acids is 1. The first kappa shape index (κ1) is 19.4. The predicted octanol–water partition coefficient (Wildman–Crippen LogP) is 2.82. The van der Waals surface area contributed by atoms with Crippen LogP contribution in [-0.4, -0.2) is 40.8 Å². The predicted molar refractivity (Wildman–Crippen MR) is 88.3 cm³/mol. The van der Waals surface area contributed by atoms with Crippen molar-refractivity contribution in [1.82, 2.24) is 9.97 Å². The van der Waals surface area contributed by atoms with Gasteiger partial charge in [-0.2, -0.15) is 18.2 Å². The number of aromatic nitrogens is 2. The van der Waals surface area contributed by atoms with Crippen molar-refractivity contribution in [3.05, 3.63) is 41.6 Å². The summed E-state index contributed by atoms with van der Waals surface area (Å²) >= 11 is 0. The lowest BCUT2D eigenvalue weighted by atomic mass is 10.2. The molecule has 0 bridgehead atoms. The molecule has 0 spiro atoms. The van der Waals surface area contributed by atoms with Gasteiger partial charge in [0.25, 0.3) is 0 Å². The van der Waals surface area contributed by atoms with Gasteiger partial charge in [0.1, 0.15) is 5.82 Å². The van der Waals surface area contributed by atoms with Gasteiger partial charge in [-0.1, -0.05) is 0 Å². The van der Waals surface area contributed by atoms with Crippen LogP contribution >= 0.6 is 0 Å². The van der Waals surface area contributed by atoms with Crippen LogP contribution in [0.3, 0.4) is 0 Å². The Hall–Kier alpha value is -2.88. The standard InChI is InChI=1S/C16H17F3N4O3/c1-9(8-24)20-15-22-12(16(17,18)19)7-13(23-15)21-11-5-3-10(4-6-11)14(25)26-2/h3-7,9,24H,8H2,1-2H3,(H2,20,21,22,23)/t9-/m0/s1. The van der Waals surface area contributed by atoms with Gasteiger partial charge in [0.15, 0.2) is 5.69 Å². The Morgan fingerprint density at radius 1 is 1.27 bits per heavy atom. The Bertz CT molecular complexity index is 766. The lowest BCUT2D eigenvalue weighted by Gasteiger charge is -2.15. The molecule has 0 aliphatic heterocycles. The minimum absolute atomic E-state index is 0.0919. The molecule has 10 heteroatoms. The van der Waals surface area contributed by atoms with E-state index in [1.807, 2.05) is 0 Å². The van der Waals surface area contributed by atoms with Gasteiger partial charge in [-0.25, -0.2) is 9.78 Å². The number of hydrogen-bond acceptors (Lipinski definition) is 7. The lowest BCUT2D eigenvalue weighted by molar-refractivity contribution is -0.141. The molecule has 0 radical (unpaired) electrons. The summed E-state index contributed by atoms with van der Waals surface area (Å²) in [5.41, 5.74) is -0.407. The van der Waals surface area contributed by atoms with Crippen LogP contribution in [0.2, 0.25) is 0 Å². The maximum absolute atomic E-state index is 13.0. The van der Waals surface area contributed by atoms with Gasteiger partial charge in [-0.15, -0.1) is 0 Å². The average Bonchev–Trinajstić information content (AvgIpc) is 2.60. The number of carbonyl (C=O) groups is 1. The molecule has 0 aliphatic rings. The Balaban J connectivity index is 2.29. The largest absolute Gasteiger partial charge is 0.465 e. The molecule has 1 aromatic carbocycles. The first-order chi connectivity index (χ1) is 12.2. The van der Waals surface area contributed by atoms with Crippen LogP contribution in [0.5, 0.6) is 0 Å². The number of aliphatic hydroxyl groups is 1. The quantitative estimate of drug-likeness (QED) is 0.673. The number of benzene rings is 1. The Morgan fingerprint density at radius 2 is 1.92 bits per heavy atom. The van der Waals surface area contributed by atoms with Gasteiger partial charge in [0, 0.05) is 17.8 Å². The number of nitrogens with one attached hydrogen (secondary N) is 2. The van der Waals surface area contributed by atoms with Gasteiger partial charge < -0.3 is 20.5 Å². The highest BCUT2D eigenvalue weighted by molar-refractivity contribution is 5.89. The smallest absolute Gasteiger partial charge is 0.433 e. The minimum Gasteiger partial charge on any atom is -0.465 e. The second-order valence-electron chi connectivity index (χ2n) is 5.38. The zero-order chi connectivity index (χ0) is 19.3. The molecule has 0 saturated carbocycles. The molecule has 0 amide bonds. The van der Waals surface area contributed by atoms with Crippen molar-refractivity contribution in [1.29, 1.82) is 0 Å². The lowest BCUT2D eigenvalue weighted by Crippen LogP contribution is -2.22. The van der Waals surface area contributed by atoms with Crippen LogP contribution in [0.1, 0.15) is 23.0 Å². The van der Waals surface area contributed by atoms with E-state index in [1.54, 1.807) is 6.92 Å². The number of anilines is 3.